The van der Waals surface area contributed by atoms with Gasteiger partial charge in [0.05, 0.1) is 34.2 Å². The normalized spacial score (nSPS) is 11.0. The van der Waals surface area contributed by atoms with Gasteiger partial charge in [-0.3, -0.25) is 14.8 Å². The largest absolute Gasteiger partial charge is 0.324 e. The number of nitrogens with one attached hydrogen (secondary N) is 1. The van der Waals surface area contributed by atoms with Gasteiger partial charge >= 0.3 is 0 Å². The summed E-state index contributed by atoms with van der Waals surface area (Å²) < 4.78 is 0. The molecule has 0 spiro atoms. The third-order valence-electron chi connectivity index (χ3n) is 4.02. The number of benzene rings is 2. The minimum atomic E-state index is -0.189. The topological polar surface area (TPSA) is 80.7 Å². The molecule has 2 aromatic carbocycles. The fourth-order valence-corrected chi connectivity index (χ4v) is 3.17. The number of nitrogens with zero attached hydrogens (tertiary/aromatic N) is 4. The highest BCUT2D eigenvalue weighted by Crippen LogP contribution is 2.36. The maximum absolute atomic E-state index is 11.6. The maximum Gasteiger partial charge on any atom is 0.221 e. The lowest BCUT2D eigenvalue weighted by Gasteiger charge is -2.08. The van der Waals surface area contributed by atoms with Crippen molar-refractivity contribution in [2.45, 2.75) is 13.8 Å². The fraction of sp³-hybridized carbons (Fsp3) is 0.105. The van der Waals surface area contributed by atoms with Gasteiger partial charge in [0.2, 0.25) is 5.91 Å². The predicted molar refractivity (Wildman–Crippen MR) is 102 cm³/mol. The van der Waals surface area contributed by atoms with E-state index in [1.54, 1.807) is 12.4 Å². The Bertz CT molecular complexity index is 1180. The molecular formula is C19H14ClN5O. The molecule has 128 valence electrons. The second-order valence-corrected chi connectivity index (χ2v) is 6.36. The molecule has 0 fully saturated rings. The molecule has 0 aliphatic heterocycles. The van der Waals surface area contributed by atoms with Gasteiger partial charge in [0.1, 0.15) is 5.52 Å². The van der Waals surface area contributed by atoms with Crippen molar-refractivity contribution in [1.82, 2.24) is 20.2 Å². The molecule has 1 N–H and O–H groups in total. The van der Waals surface area contributed by atoms with E-state index in [4.69, 9.17) is 16.6 Å². The first-order chi connectivity index (χ1) is 12.5. The molecule has 0 atom stereocenters. The van der Waals surface area contributed by atoms with Gasteiger partial charge in [-0.05, 0) is 19.1 Å². The Morgan fingerprint density at radius 3 is 2.69 bits per heavy atom. The minimum Gasteiger partial charge on any atom is -0.324 e. The van der Waals surface area contributed by atoms with Gasteiger partial charge in [-0.15, -0.1) is 5.10 Å². The third-order valence-corrected chi connectivity index (χ3v) is 4.35. The second-order valence-electron chi connectivity index (χ2n) is 5.95. The number of fused-ring (bicyclic) bond motifs is 3. The minimum absolute atomic E-state index is 0.189. The molecule has 2 aromatic heterocycles. The van der Waals surface area contributed by atoms with E-state index >= 15 is 0 Å². The number of carbonyl (C=O) groups excluding carboxylic acids is 1. The van der Waals surface area contributed by atoms with Crippen molar-refractivity contribution >= 4 is 45.0 Å². The van der Waals surface area contributed by atoms with Crippen LogP contribution in [0.15, 0.2) is 42.7 Å². The number of aromatic nitrogens is 4. The highest BCUT2D eigenvalue weighted by molar-refractivity contribution is 6.33. The van der Waals surface area contributed by atoms with Gasteiger partial charge in [0.25, 0.3) is 0 Å². The molecule has 0 aliphatic rings. The van der Waals surface area contributed by atoms with Crippen LogP contribution >= 0.6 is 11.6 Å². The average molecular weight is 364 g/mol. The molecule has 4 rings (SSSR count). The standard InChI is InChI=1S/C19H14ClN5O/c1-10-8-21-17-13(18(23-10)12-5-3-4-6-15(12)20)7-16(24-11(2)26)19-14(17)9-22-25-19/h3-9H,1-2H3,(H,24,26). The van der Waals surface area contributed by atoms with E-state index < -0.39 is 0 Å². The zero-order chi connectivity index (χ0) is 18.3. The lowest BCUT2D eigenvalue weighted by Crippen LogP contribution is -2.06. The van der Waals surface area contributed by atoms with Crippen LogP contribution in [0.5, 0.6) is 0 Å². The summed E-state index contributed by atoms with van der Waals surface area (Å²) >= 11 is 6.42. The Balaban J connectivity index is 2.18. The first-order valence-electron chi connectivity index (χ1n) is 7.99. The summed E-state index contributed by atoms with van der Waals surface area (Å²) in [6.45, 7) is 3.33. The highest BCUT2D eigenvalue weighted by Gasteiger charge is 2.16. The van der Waals surface area contributed by atoms with E-state index in [0.29, 0.717) is 27.4 Å². The maximum atomic E-state index is 11.6. The fourth-order valence-electron chi connectivity index (χ4n) is 2.94. The quantitative estimate of drug-likeness (QED) is 0.578. The number of hydrogen-bond donors (Lipinski definition) is 1. The summed E-state index contributed by atoms with van der Waals surface area (Å²) in [5.41, 5.74) is 4.09. The van der Waals surface area contributed by atoms with Gasteiger partial charge in [0, 0.05) is 29.1 Å². The summed E-state index contributed by atoms with van der Waals surface area (Å²) in [5, 5.41) is 13.0. The van der Waals surface area contributed by atoms with Gasteiger partial charge in [-0.1, -0.05) is 29.8 Å². The zero-order valence-electron chi connectivity index (χ0n) is 14.1. The number of rotatable bonds is 2. The molecular weight excluding hydrogens is 350 g/mol. The van der Waals surface area contributed by atoms with Crippen LogP contribution < -0.4 is 5.32 Å². The second kappa shape index (κ2) is 6.31. The molecule has 0 saturated carbocycles. The first kappa shape index (κ1) is 16.4. The molecule has 1 amide bonds. The van der Waals surface area contributed by atoms with E-state index in [1.807, 2.05) is 37.3 Å². The smallest absolute Gasteiger partial charge is 0.221 e. The van der Waals surface area contributed by atoms with Crippen LogP contribution in [0.1, 0.15) is 12.6 Å². The monoisotopic (exact) mass is 363 g/mol. The van der Waals surface area contributed by atoms with E-state index in [-0.39, 0.29) is 5.91 Å². The van der Waals surface area contributed by atoms with Crippen LogP contribution in [0.4, 0.5) is 5.69 Å². The molecule has 0 bridgehead atoms. The van der Waals surface area contributed by atoms with Crippen LogP contribution in [0.3, 0.4) is 0 Å². The first-order valence-corrected chi connectivity index (χ1v) is 8.36. The van der Waals surface area contributed by atoms with Crippen LogP contribution in [0.2, 0.25) is 5.02 Å². The summed E-state index contributed by atoms with van der Waals surface area (Å²) in [7, 11) is 0. The highest BCUT2D eigenvalue weighted by atomic mass is 35.5. The number of hydrogen-bond acceptors (Lipinski definition) is 5. The van der Waals surface area contributed by atoms with Gasteiger partial charge in [-0.25, -0.2) is 0 Å². The summed E-state index contributed by atoms with van der Waals surface area (Å²) in [4.78, 5) is 20.9. The van der Waals surface area contributed by atoms with Gasteiger partial charge in [0.15, 0.2) is 0 Å². The van der Waals surface area contributed by atoms with E-state index in [0.717, 1.165) is 22.0 Å². The molecule has 4 aromatic rings. The van der Waals surface area contributed by atoms with Crippen LogP contribution in [-0.2, 0) is 4.79 Å². The van der Waals surface area contributed by atoms with Gasteiger partial charge < -0.3 is 5.32 Å². The van der Waals surface area contributed by atoms with Crippen LogP contribution in [-0.4, -0.2) is 26.1 Å². The number of halogens is 1. The Kier molecular flexibility index (Phi) is 3.97. The van der Waals surface area contributed by atoms with Crippen LogP contribution in [0, 0.1) is 6.92 Å². The van der Waals surface area contributed by atoms with Crippen molar-refractivity contribution in [1.29, 1.82) is 0 Å². The molecule has 0 saturated heterocycles. The number of anilines is 1. The number of aryl methyl sites for hydroxylation is 1. The third kappa shape index (κ3) is 2.74. The molecule has 0 radical (unpaired) electrons. The summed E-state index contributed by atoms with van der Waals surface area (Å²) in [6, 6.07) is 9.33. The summed E-state index contributed by atoms with van der Waals surface area (Å²) in [5.74, 6) is -0.189. The lowest BCUT2D eigenvalue weighted by atomic mass is 10.0. The van der Waals surface area contributed by atoms with Crippen molar-refractivity contribution < 1.29 is 4.79 Å². The van der Waals surface area contributed by atoms with E-state index in [2.05, 4.69) is 20.5 Å². The van der Waals surface area contributed by atoms with Crippen LogP contribution in [0.25, 0.3) is 33.1 Å². The molecule has 7 heteroatoms. The Morgan fingerprint density at radius 2 is 1.92 bits per heavy atom. The zero-order valence-corrected chi connectivity index (χ0v) is 14.9. The average Bonchev–Trinajstić information content (AvgIpc) is 3.03. The number of amides is 1. The summed E-state index contributed by atoms with van der Waals surface area (Å²) in [6.07, 6.45) is 3.34. The van der Waals surface area contributed by atoms with Crippen molar-refractivity contribution in [3.8, 4) is 11.3 Å². The van der Waals surface area contributed by atoms with E-state index in [1.165, 1.54) is 6.92 Å². The van der Waals surface area contributed by atoms with Crippen molar-refractivity contribution in [3.05, 3.63) is 53.4 Å². The Labute approximate surface area is 154 Å². The van der Waals surface area contributed by atoms with Crippen molar-refractivity contribution in [3.63, 3.8) is 0 Å². The van der Waals surface area contributed by atoms with Crippen molar-refractivity contribution in [2.75, 3.05) is 5.32 Å². The van der Waals surface area contributed by atoms with E-state index in [9.17, 15) is 4.79 Å². The Morgan fingerprint density at radius 1 is 1.12 bits per heavy atom. The van der Waals surface area contributed by atoms with Crippen molar-refractivity contribution in [2.24, 2.45) is 0 Å². The molecule has 26 heavy (non-hydrogen) atoms. The number of carbonyl (C=O) groups is 1. The molecule has 6 nitrogen and oxygen atoms in total. The SMILES string of the molecule is CC(=O)Nc1cc2c(-c3ccccc3Cl)nc(C)cnc2c2cnnc12. The van der Waals surface area contributed by atoms with Gasteiger partial charge in [-0.2, -0.15) is 5.10 Å². The Hall–Kier alpha value is -3.12. The molecule has 2 heterocycles. The molecule has 0 aliphatic carbocycles. The predicted octanol–water partition coefficient (Wildman–Crippen LogP) is 4.16. The molecule has 0 unspecified atom stereocenters. The lowest BCUT2D eigenvalue weighted by molar-refractivity contribution is -0.114.